The van der Waals surface area contributed by atoms with Crippen LogP contribution >= 0.6 is 0 Å². The lowest BCUT2D eigenvalue weighted by molar-refractivity contribution is 0.173. The molecule has 7 heteroatoms. The van der Waals surface area contributed by atoms with Crippen molar-refractivity contribution in [1.29, 1.82) is 0 Å². The number of aliphatic imine (C=N–C) groups is 1. The fourth-order valence-electron chi connectivity index (χ4n) is 3.91. The molecule has 0 aromatic carbocycles. The standard InChI is InChI=1S/C21H41N7/c1-16(2)28(17(3)4)14-10-13-22-21(24-19-11-8-7-9-12-19)23-15-20-26-25-18(5)27(20)6/h16-17,19H,7-15H2,1-6H3,(H2,22,23,24). The molecule has 1 saturated carbocycles. The van der Waals surface area contributed by atoms with Crippen LogP contribution in [-0.2, 0) is 13.6 Å². The maximum atomic E-state index is 4.81. The fourth-order valence-corrected chi connectivity index (χ4v) is 3.91. The molecular weight excluding hydrogens is 350 g/mol. The van der Waals surface area contributed by atoms with Gasteiger partial charge in [-0.15, -0.1) is 10.2 Å². The van der Waals surface area contributed by atoms with Crippen LogP contribution < -0.4 is 10.6 Å². The number of aromatic nitrogens is 3. The van der Waals surface area contributed by atoms with E-state index in [1.54, 1.807) is 0 Å². The molecule has 0 amide bonds. The average molecular weight is 392 g/mol. The molecule has 0 radical (unpaired) electrons. The van der Waals surface area contributed by atoms with Crippen LogP contribution in [0.4, 0.5) is 0 Å². The predicted octanol–water partition coefficient (Wildman–Crippen LogP) is 3.00. The van der Waals surface area contributed by atoms with Gasteiger partial charge in [-0.25, -0.2) is 4.99 Å². The summed E-state index contributed by atoms with van der Waals surface area (Å²) in [5, 5.41) is 15.6. The summed E-state index contributed by atoms with van der Waals surface area (Å²) in [6, 6.07) is 1.68. The van der Waals surface area contributed by atoms with Gasteiger partial charge in [-0.1, -0.05) is 19.3 Å². The number of hydrogen-bond acceptors (Lipinski definition) is 4. The third-order valence-corrected chi connectivity index (χ3v) is 5.72. The van der Waals surface area contributed by atoms with Gasteiger partial charge in [-0.3, -0.25) is 4.90 Å². The topological polar surface area (TPSA) is 70.4 Å². The fraction of sp³-hybridized carbons (Fsp3) is 0.857. The van der Waals surface area contributed by atoms with Crippen molar-refractivity contribution in [2.45, 2.75) is 97.8 Å². The first-order valence-corrected chi connectivity index (χ1v) is 11.0. The minimum Gasteiger partial charge on any atom is -0.356 e. The first kappa shape index (κ1) is 22.7. The van der Waals surface area contributed by atoms with Crippen LogP contribution in [0.3, 0.4) is 0 Å². The molecule has 2 rings (SSSR count). The molecule has 0 bridgehead atoms. The maximum Gasteiger partial charge on any atom is 0.191 e. The van der Waals surface area contributed by atoms with Gasteiger partial charge in [-0.2, -0.15) is 0 Å². The zero-order chi connectivity index (χ0) is 20.5. The highest BCUT2D eigenvalue weighted by Gasteiger charge is 2.16. The molecular formula is C21H41N7. The van der Waals surface area contributed by atoms with E-state index in [-0.39, 0.29) is 0 Å². The van der Waals surface area contributed by atoms with Crippen molar-refractivity contribution in [2.24, 2.45) is 12.0 Å². The second-order valence-corrected chi connectivity index (χ2v) is 8.57. The number of nitrogens with zero attached hydrogens (tertiary/aromatic N) is 5. The van der Waals surface area contributed by atoms with Crippen LogP contribution in [0.15, 0.2) is 4.99 Å². The molecule has 0 unspecified atom stereocenters. The van der Waals surface area contributed by atoms with Gasteiger partial charge in [0, 0.05) is 38.3 Å². The van der Waals surface area contributed by atoms with Crippen molar-refractivity contribution in [3.05, 3.63) is 11.6 Å². The van der Waals surface area contributed by atoms with Crippen molar-refractivity contribution in [3.63, 3.8) is 0 Å². The Labute approximate surface area is 171 Å². The van der Waals surface area contributed by atoms with Gasteiger partial charge in [0.2, 0.25) is 0 Å². The molecule has 7 nitrogen and oxygen atoms in total. The summed E-state index contributed by atoms with van der Waals surface area (Å²) in [4.78, 5) is 7.34. The smallest absolute Gasteiger partial charge is 0.191 e. The van der Waals surface area contributed by atoms with E-state index in [4.69, 9.17) is 4.99 Å². The quantitative estimate of drug-likeness (QED) is 0.385. The third-order valence-electron chi connectivity index (χ3n) is 5.72. The molecule has 2 N–H and O–H groups in total. The second kappa shape index (κ2) is 11.4. The summed E-state index contributed by atoms with van der Waals surface area (Å²) in [5.74, 6) is 2.73. The Morgan fingerprint density at radius 2 is 1.82 bits per heavy atom. The SMILES string of the molecule is Cc1nnc(CN=C(NCCCN(C(C)C)C(C)C)NC2CCCCC2)n1C. The molecule has 0 aliphatic heterocycles. The zero-order valence-electron chi connectivity index (χ0n) is 18.8. The highest BCUT2D eigenvalue weighted by molar-refractivity contribution is 5.80. The van der Waals surface area contributed by atoms with Crippen molar-refractivity contribution in [1.82, 2.24) is 30.3 Å². The Hall–Kier alpha value is -1.63. The lowest BCUT2D eigenvalue weighted by Crippen LogP contribution is -2.45. The van der Waals surface area contributed by atoms with Gasteiger partial charge in [0.1, 0.15) is 12.4 Å². The van der Waals surface area contributed by atoms with Gasteiger partial charge >= 0.3 is 0 Å². The summed E-state index contributed by atoms with van der Waals surface area (Å²) < 4.78 is 2.00. The number of hydrogen-bond donors (Lipinski definition) is 2. The van der Waals surface area contributed by atoms with E-state index in [2.05, 4.69) is 53.4 Å². The van der Waals surface area contributed by atoms with Gasteiger partial charge in [-0.05, 0) is 53.9 Å². The van der Waals surface area contributed by atoms with Gasteiger partial charge in [0.25, 0.3) is 0 Å². The van der Waals surface area contributed by atoms with Crippen LogP contribution in [0, 0.1) is 6.92 Å². The Morgan fingerprint density at radius 1 is 1.14 bits per heavy atom. The average Bonchev–Trinajstić information content (AvgIpc) is 2.98. The van der Waals surface area contributed by atoms with E-state index in [1.807, 2.05) is 18.5 Å². The van der Waals surface area contributed by atoms with Crippen molar-refractivity contribution in [3.8, 4) is 0 Å². The second-order valence-electron chi connectivity index (χ2n) is 8.57. The predicted molar refractivity (Wildman–Crippen MR) is 116 cm³/mol. The minimum absolute atomic E-state index is 0.532. The molecule has 1 aliphatic rings. The van der Waals surface area contributed by atoms with Crippen molar-refractivity contribution in [2.75, 3.05) is 13.1 Å². The molecule has 1 aromatic heterocycles. The Balaban J connectivity index is 1.91. The maximum absolute atomic E-state index is 4.81. The Kier molecular flexibility index (Phi) is 9.22. The highest BCUT2D eigenvalue weighted by Crippen LogP contribution is 2.17. The van der Waals surface area contributed by atoms with E-state index < -0.39 is 0 Å². The van der Waals surface area contributed by atoms with E-state index in [1.165, 1.54) is 32.1 Å². The Morgan fingerprint density at radius 3 is 2.39 bits per heavy atom. The number of nitrogens with one attached hydrogen (secondary N) is 2. The molecule has 28 heavy (non-hydrogen) atoms. The van der Waals surface area contributed by atoms with Crippen LogP contribution in [0.5, 0.6) is 0 Å². The summed E-state index contributed by atoms with van der Waals surface area (Å²) in [6.07, 6.45) is 7.55. The molecule has 0 atom stereocenters. The van der Waals surface area contributed by atoms with E-state index >= 15 is 0 Å². The third kappa shape index (κ3) is 7.08. The lowest BCUT2D eigenvalue weighted by Gasteiger charge is -2.30. The molecule has 0 saturated heterocycles. The number of rotatable bonds is 9. The van der Waals surface area contributed by atoms with Crippen LogP contribution in [0.2, 0.25) is 0 Å². The normalized spacial score (nSPS) is 16.4. The molecule has 1 aromatic rings. The number of aryl methyl sites for hydroxylation is 1. The minimum atomic E-state index is 0.532. The van der Waals surface area contributed by atoms with E-state index in [0.29, 0.717) is 24.7 Å². The van der Waals surface area contributed by atoms with Gasteiger partial charge in [0.05, 0.1) is 0 Å². The number of guanidine groups is 1. The molecule has 1 fully saturated rings. The first-order valence-electron chi connectivity index (χ1n) is 11.0. The van der Waals surface area contributed by atoms with E-state index in [9.17, 15) is 0 Å². The van der Waals surface area contributed by atoms with Crippen LogP contribution in [0.25, 0.3) is 0 Å². The summed E-state index contributed by atoms with van der Waals surface area (Å²) in [5.41, 5.74) is 0. The largest absolute Gasteiger partial charge is 0.356 e. The molecule has 1 heterocycles. The first-order chi connectivity index (χ1) is 13.4. The monoisotopic (exact) mass is 391 g/mol. The van der Waals surface area contributed by atoms with Crippen LogP contribution in [0.1, 0.15) is 77.9 Å². The van der Waals surface area contributed by atoms with Crippen LogP contribution in [-0.4, -0.2) is 56.8 Å². The molecule has 0 spiro atoms. The van der Waals surface area contributed by atoms with Gasteiger partial charge in [0.15, 0.2) is 11.8 Å². The van der Waals surface area contributed by atoms with Gasteiger partial charge < -0.3 is 15.2 Å². The van der Waals surface area contributed by atoms with Crippen molar-refractivity contribution < 1.29 is 0 Å². The Bertz CT molecular complexity index is 592. The highest BCUT2D eigenvalue weighted by atomic mass is 15.3. The van der Waals surface area contributed by atoms with Crippen molar-refractivity contribution >= 4 is 5.96 Å². The molecule has 160 valence electrons. The summed E-state index contributed by atoms with van der Waals surface area (Å²) >= 11 is 0. The molecule has 1 aliphatic carbocycles. The summed E-state index contributed by atoms with van der Waals surface area (Å²) in [7, 11) is 1.99. The summed E-state index contributed by atoms with van der Waals surface area (Å²) in [6.45, 7) is 13.6. The zero-order valence-corrected chi connectivity index (χ0v) is 18.8. The van der Waals surface area contributed by atoms with E-state index in [0.717, 1.165) is 37.1 Å². The lowest BCUT2D eigenvalue weighted by atomic mass is 9.96.